The zero-order valence-corrected chi connectivity index (χ0v) is 9.61. The van der Waals surface area contributed by atoms with Crippen molar-refractivity contribution in [2.24, 2.45) is 5.92 Å². The van der Waals surface area contributed by atoms with Gasteiger partial charge >= 0.3 is 18.2 Å². The first-order valence-electron chi connectivity index (χ1n) is 5.70. The molecule has 2 fully saturated rings. The van der Waals surface area contributed by atoms with Crippen molar-refractivity contribution in [1.29, 1.82) is 0 Å². The van der Waals surface area contributed by atoms with Crippen LogP contribution in [0.2, 0.25) is 0 Å². The Morgan fingerprint density at radius 2 is 1.50 bits per heavy atom. The summed E-state index contributed by atoms with van der Waals surface area (Å²) in [6, 6.07) is 0. The molecule has 0 aromatic heterocycles. The van der Waals surface area contributed by atoms with Crippen molar-refractivity contribution in [2.75, 3.05) is 13.1 Å². The van der Waals surface area contributed by atoms with Crippen LogP contribution in [0.15, 0.2) is 0 Å². The van der Waals surface area contributed by atoms with Crippen molar-refractivity contribution in [1.82, 2.24) is 10.0 Å². The largest absolute Gasteiger partial charge is 0.464 e. The van der Waals surface area contributed by atoms with E-state index in [-0.39, 0.29) is 25.0 Å². The zero-order chi connectivity index (χ0) is 13.3. The van der Waals surface area contributed by atoms with E-state index in [1.165, 1.54) is 0 Å². The van der Waals surface area contributed by atoms with E-state index in [2.05, 4.69) is 0 Å². The fraction of sp³-hybridized carbons (Fsp3) is 0.700. The number of amides is 2. The molecule has 2 rings (SSSR count). The number of hydrazine groups is 1. The number of carbonyl (C=O) groups excluding carboxylic acids is 1. The van der Waals surface area contributed by atoms with E-state index in [1.807, 2.05) is 0 Å². The number of rotatable bonds is 2. The minimum Gasteiger partial charge on any atom is -0.464 e. The van der Waals surface area contributed by atoms with Crippen molar-refractivity contribution in [2.45, 2.75) is 25.4 Å². The van der Waals surface area contributed by atoms with Crippen molar-refractivity contribution in [3.05, 3.63) is 0 Å². The van der Waals surface area contributed by atoms with Crippen molar-refractivity contribution in [3.63, 3.8) is 0 Å². The molecule has 0 atom stereocenters. The summed E-state index contributed by atoms with van der Waals surface area (Å²) < 4.78 is 5.13. The van der Waals surface area contributed by atoms with Crippen LogP contribution in [0.4, 0.5) is 9.59 Å². The topological polar surface area (TPSA) is 107 Å². The highest BCUT2D eigenvalue weighted by Crippen LogP contribution is 2.28. The third-order valence-electron chi connectivity index (χ3n) is 3.21. The second-order valence-electron chi connectivity index (χ2n) is 4.42. The second-order valence-corrected chi connectivity index (χ2v) is 4.42. The summed E-state index contributed by atoms with van der Waals surface area (Å²) in [6.45, 7) is -0.278. The van der Waals surface area contributed by atoms with Crippen molar-refractivity contribution in [3.8, 4) is 0 Å². The van der Waals surface area contributed by atoms with Crippen molar-refractivity contribution < 1.29 is 29.3 Å². The summed E-state index contributed by atoms with van der Waals surface area (Å²) in [5.74, 6) is -0.467. The minimum absolute atomic E-state index is 0.109. The second kappa shape index (κ2) is 4.71. The van der Waals surface area contributed by atoms with E-state index in [0.717, 1.165) is 19.3 Å². The van der Waals surface area contributed by atoms with E-state index in [4.69, 9.17) is 14.9 Å². The van der Waals surface area contributed by atoms with Crippen LogP contribution in [0, 0.1) is 5.92 Å². The molecule has 0 aromatic carbocycles. The monoisotopic (exact) mass is 258 g/mol. The van der Waals surface area contributed by atoms with Crippen LogP contribution < -0.4 is 0 Å². The van der Waals surface area contributed by atoms with Gasteiger partial charge in [0.25, 0.3) is 0 Å². The van der Waals surface area contributed by atoms with Crippen LogP contribution in [0.25, 0.3) is 0 Å². The Morgan fingerprint density at radius 3 is 1.83 bits per heavy atom. The number of carboxylic acid groups (broad SMARTS) is 2. The quantitative estimate of drug-likeness (QED) is 0.702. The Balaban J connectivity index is 1.93. The van der Waals surface area contributed by atoms with Gasteiger partial charge in [0.15, 0.2) is 0 Å². The van der Waals surface area contributed by atoms with Gasteiger partial charge in [-0.3, -0.25) is 4.79 Å². The lowest BCUT2D eigenvalue weighted by atomic mass is 9.86. The average molecular weight is 258 g/mol. The highest BCUT2D eigenvalue weighted by atomic mass is 16.6. The SMILES string of the molecule is O=C(OC1CN(C(=O)O)N(C(=O)O)C1)C1CCC1. The third-order valence-corrected chi connectivity index (χ3v) is 3.21. The van der Waals surface area contributed by atoms with Crippen LogP contribution in [-0.2, 0) is 9.53 Å². The van der Waals surface area contributed by atoms with E-state index >= 15 is 0 Å². The molecule has 8 nitrogen and oxygen atoms in total. The van der Waals surface area contributed by atoms with E-state index < -0.39 is 18.3 Å². The molecule has 1 aliphatic carbocycles. The molecular formula is C10H14N2O6. The van der Waals surface area contributed by atoms with Crippen LogP contribution in [-0.4, -0.2) is 57.6 Å². The van der Waals surface area contributed by atoms with Gasteiger partial charge in [-0.15, -0.1) is 0 Å². The molecule has 0 radical (unpaired) electrons. The predicted octanol–water partition coefficient (Wildman–Crippen LogP) is 0.587. The lowest BCUT2D eigenvalue weighted by molar-refractivity contribution is -0.155. The molecule has 1 heterocycles. The van der Waals surface area contributed by atoms with Gasteiger partial charge in [0.05, 0.1) is 19.0 Å². The molecule has 2 amide bonds. The molecule has 100 valence electrons. The number of esters is 1. The molecule has 8 heteroatoms. The van der Waals surface area contributed by atoms with Gasteiger partial charge in [-0.25, -0.2) is 19.6 Å². The lowest BCUT2D eigenvalue weighted by Gasteiger charge is -2.24. The summed E-state index contributed by atoms with van der Waals surface area (Å²) >= 11 is 0. The molecule has 2 aliphatic rings. The zero-order valence-electron chi connectivity index (χ0n) is 9.61. The molecule has 18 heavy (non-hydrogen) atoms. The van der Waals surface area contributed by atoms with Gasteiger partial charge in [-0.1, -0.05) is 6.42 Å². The minimum atomic E-state index is -1.38. The lowest BCUT2D eigenvalue weighted by Crippen LogP contribution is -2.43. The van der Waals surface area contributed by atoms with Crippen LogP contribution in [0.5, 0.6) is 0 Å². The first-order valence-corrected chi connectivity index (χ1v) is 5.70. The maximum absolute atomic E-state index is 11.6. The summed E-state index contributed by atoms with van der Waals surface area (Å²) in [5, 5.41) is 18.9. The van der Waals surface area contributed by atoms with Gasteiger partial charge in [0, 0.05) is 0 Å². The normalized spacial score (nSPS) is 20.7. The maximum atomic E-state index is 11.6. The highest BCUT2D eigenvalue weighted by Gasteiger charge is 2.40. The summed E-state index contributed by atoms with van der Waals surface area (Å²) in [4.78, 5) is 33.2. The van der Waals surface area contributed by atoms with Gasteiger partial charge in [-0.2, -0.15) is 0 Å². The van der Waals surface area contributed by atoms with Gasteiger partial charge in [0.2, 0.25) is 0 Å². The first kappa shape index (κ1) is 12.5. The molecule has 0 spiro atoms. The van der Waals surface area contributed by atoms with E-state index in [0.29, 0.717) is 10.0 Å². The molecule has 0 unspecified atom stereocenters. The number of nitrogens with zero attached hydrogens (tertiary/aromatic N) is 2. The Hall–Kier alpha value is -1.99. The smallest absolute Gasteiger partial charge is 0.426 e. The molecule has 1 aliphatic heterocycles. The Bertz CT molecular complexity index is 359. The number of carbonyl (C=O) groups is 3. The number of ether oxygens (including phenoxy) is 1. The fourth-order valence-corrected chi connectivity index (χ4v) is 1.98. The van der Waals surface area contributed by atoms with Crippen LogP contribution in [0.1, 0.15) is 19.3 Å². The summed E-state index contributed by atoms with van der Waals surface area (Å²) in [5.41, 5.74) is 0. The molecule has 0 bridgehead atoms. The van der Waals surface area contributed by atoms with Crippen LogP contribution >= 0.6 is 0 Å². The van der Waals surface area contributed by atoms with E-state index in [9.17, 15) is 14.4 Å². The average Bonchev–Trinajstić information content (AvgIpc) is 2.58. The van der Waals surface area contributed by atoms with Gasteiger partial charge in [0.1, 0.15) is 6.10 Å². The first-order chi connectivity index (χ1) is 8.49. The summed E-state index contributed by atoms with van der Waals surface area (Å²) in [7, 11) is 0. The number of hydrogen-bond acceptors (Lipinski definition) is 4. The fourth-order valence-electron chi connectivity index (χ4n) is 1.98. The summed E-state index contributed by atoms with van der Waals surface area (Å²) in [6.07, 6.45) is -0.898. The van der Waals surface area contributed by atoms with Crippen LogP contribution in [0.3, 0.4) is 0 Å². The molecule has 1 saturated heterocycles. The maximum Gasteiger partial charge on any atom is 0.426 e. The molecule has 0 aromatic rings. The Kier molecular flexibility index (Phi) is 3.26. The van der Waals surface area contributed by atoms with Gasteiger partial charge in [-0.05, 0) is 12.8 Å². The predicted molar refractivity (Wildman–Crippen MR) is 56.7 cm³/mol. The molecular weight excluding hydrogens is 244 g/mol. The highest BCUT2D eigenvalue weighted by molar-refractivity contribution is 5.75. The third kappa shape index (κ3) is 2.31. The Morgan fingerprint density at radius 1 is 1.00 bits per heavy atom. The molecule has 2 N–H and O–H groups in total. The standard InChI is InChI=1S/C10H14N2O6/c13-8(6-2-1-3-6)18-7-4-11(9(14)15)12(5-7)10(16)17/h6-7H,1-5H2,(H,14,15)(H,16,17). The molecule has 1 saturated carbocycles. The van der Waals surface area contributed by atoms with Crippen molar-refractivity contribution >= 4 is 18.2 Å². The number of hydrogen-bond donors (Lipinski definition) is 2. The van der Waals surface area contributed by atoms with Gasteiger partial charge < -0.3 is 14.9 Å². The Labute approximate surface area is 103 Å². The van der Waals surface area contributed by atoms with E-state index in [1.54, 1.807) is 0 Å².